The first-order valence-corrected chi connectivity index (χ1v) is 8.97. The Morgan fingerprint density at radius 2 is 1.18 bits per heavy atom. The molecule has 0 aromatic rings. The summed E-state index contributed by atoms with van der Waals surface area (Å²) < 4.78 is 11.7. The summed E-state index contributed by atoms with van der Waals surface area (Å²) in [6.45, 7) is 1.55. The Kier molecular flexibility index (Phi) is 9.15. The minimum Gasteiger partial charge on any atom is -0.348 e. The molecule has 0 aromatic carbocycles. The van der Waals surface area contributed by atoms with E-state index < -0.39 is 0 Å². The van der Waals surface area contributed by atoms with Gasteiger partial charge in [-0.25, -0.2) is 0 Å². The summed E-state index contributed by atoms with van der Waals surface area (Å²) in [5, 5.41) is 2.21. The van der Waals surface area contributed by atoms with Gasteiger partial charge in [0.05, 0.1) is 13.2 Å². The first-order valence-electron chi connectivity index (χ1n) is 6.73. The van der Waals surface area contributed by atoms with Crippen LogP contribution in [0, 0.1) is 0 Å². The number of hydrogen-bond donors (Lipinski definition) is 0. The van der Waals surface area contributed by atoms with Crippen LogP contribution in [-0.2, 0) is 9.47 Å². The summed E-state index contributed by atoms with van der Waals surface area (Å²) in [6.07, 6.45) is 9.58. The number of hydrogen-bond acceptors (Lipinski definition) is 2. The van der Waals surface area contributed by atoms with Crippen LogP contribution in [0.2, 0.25) is 0 Å². The molecule has 0 amide bonds. The average Bonchev–Trinajstić information content (AvgIpc) is 2.80. The lowest BCUT2D eigenvalue weighted by atomic mass is 10.0. The summed E-state index contributed by atoms with van der Waals surface area (Å²) in [6, 6.07) is 0. The molecule has 1 heterocycles. The lowest BCUT2D eigenvalue weighted by molar-refractivity contribution is -0.168. The van der Waals surface area contributed by atoms with Crippen molar-refractivity contribution in [1.29, 1.82) is 0 Å². The van der Waals surface area contributed by atoms with Crippen LogP contribution in [0.15, 0.2) is 0 Å². The predicted octanol–water partition coefficient (Wildman–Crippen LogP) is 4.64. The van der Waals surface area contributed by atoms with E-state index in [1.54, 1.807) is 0 Å². The van der Waals surface area contributed by atoms with Gasteiger partial charge in [0, 0.05) is 23.5 Å². The molecule has 1 fully saturated rings. The van der Waals surface area contributed by atoms with Crippen molar-refractivity contribution >= 4 is 31.9 Å². The molecular formula is C13H24Br2O2. The minimum atomic E-state index is -0.237. The molecule has 0 spiro atoms. The highest BCUT2D eigenvalue weighted by molar-refractivity contribution is 9.09. The third-order valence-corrected chi connectivity index (χ3v) is 4.32. The van der Waals surface area contributed by atoms with E-state index in [-0.39, 0.29) is 5.79 Å². The maximum atomic E-state index is 5.86. The molecule has 0 bridgehead atoms. The van der Waals surface area contributed by atoms with Gasteiger partial charge in [0.15, 0.2) is 5.79 Å². The SMILES string of the molecule is BrCCCCCC1(CCCCCBr)OCCO1. The number of alkyl halides is 2. The van der Waals surface area contributed by atoms with Gasteiger partial charge >= 0.3 is 0 Å². The molecular weight excluding hydrogens is 348 g/mol. The van der Waals surface area contributed by atoms with Gasteiger partial charge < -0.3 is 9.47 Å². The summed E-state index contributed by atoms with van der Waals surface area (Å²) in [4.78, 5) is 0. The summed E-state index contributed by atoms with van der Waals surface area (Å²) >= 11 is 6.94. The van der Waals surface area contributed by atoms with Crippen LogP contribution in [0.3, 0.4) is 0 Å². The van der Waals surface area contributed by atoms with E-state index in [0.29, 0.717) is 0 Å². The maximum absolute atomic E-state index is 5.86. The second-order valence-corrected chi connectivity index (χ2v) is 6.19. The number of unbranched alkanes of at least 4 members (excludes halogenated alkanes) is 4. The zero-order chi connectivity index (χ0) is 12.4. The molecule has 0 radical (unpaired) electrons. The summed E-state index contributed by atoms with van der Waals surface area (Å²) in [5.74, 6) is -0.237. The molecule has 0 N–H and O–H groups in total. The van der Waals surface area contributed by atoms with E-state index in [9.17, 15) is 0 Å². The second-order valence-electron chi connectivity index (χ2n) is 4.61. The van der Waals surface area contributed by atoms with Crippen molar-refractivity contribution in [2.75, 3.05) is 23.9 Å². The lowest BCUT2D eigenvalue weighted by Gasteiger charge is -2.27. The van der Waals surface area contributed by atoms with Gasteiger partial charge in [0.1, 0.15) is 0 Å². The predicted molar refractivity (Wildman–Crippen MR) is 79.2 cm³/mol. The molecule has 0 saturated carbocycles. The Bertz CT molecular complexity index is 168. The molecule has 4 heteroatoms. The highest BCUT2D eigenvalue weighted by Crippen LogP contribution is 2.31. The lowest BCUT2D eigenvalue weighted by Crippen LogP contribution is -2.30. The van der Waals surface area contributed by atoms with Crippen LogP contribution in [0.5, 0.6) is 0 Å². The van der Waals surface area contributed by atoms with Crippen LogP contribution in [0.25, 0.3) is 0 Å². The Labute approximate surface area is 122 Å². The first kappa shape index (κ1) is 15.9. The summed E-state index contributed by atoms with van der Waals surface area (Å²) in [7, 11) is 0. The second kappa shape index (κ2) is 9.76. The van der Waals surface area contributed by atoms with Crippen LogP contribution < -0.4 is 0 Å². The third-order valence-electron chi connectivity index (χ3n) is 3.20. The van der Waals surface area contributed by atoms with E-state index in [4.69, 9.17) is 9.47 Å². The first-order chi connectivity index (χ1) is 8.33. The minimum absolute atomic E-state index is 0.237. The van der Waals surface area contributed by atoms with Gasteiger partial charge in [0.2, 0.25) is 0 Å². The van der Waals surface area contributed by atoms with Gasteiger partial charge in [-0.15, -0.1) is 0 Å². The monoisotopic (exact) mass is 370 g/mol. The van der Waals surface area contributed by atoms with E-state index in [1.807, 2.05) is 0 Å². The molecule has 1 aliphatic heterocycles. The fourth-order valence-corrected chi connectivity index (χ4v) is 3.03. The largest absolute Gasteiger partial charge is 0.348 e. The highest BCUT2D eigenvalue weighted by atomic mass is 79.9. The van der Waals surface area contributed by atoms with E-state index in [2.05, 4.69) is 31.9 Å². The van der Waals surface area contributed by atoms with Crippen molar-refractivity contribution < 1.29 is 9.47 Å². The topological polar surface area (TPSA) is 18.5 Å². The summed E-state index contributed by atoms with van der Waals surface area (Å²) in [5.41, 5.74) is 0. The van der Waals surface area contributed by atoms with Crippen LogP contribution >= 0.6 is 31.9 Å². The zero-order valence-corrected chi connectivity index (χ0v) is 13.7. The third kappa shape index (κ3) is 6.55. The molecule has 1 rings (SSSR count). The molecule has 2 nitrogen and oxygen atoms in total. The van der Waals surface area contributed by atoms with E-state index in [0.717, 1.165) is 36.7 Å². The Morgan fingerprint density at radius 1 is 0.706 bits per heavy atom. The molecule has 1 aliphatic rings. The van der Waals surface area contributed by atoms with Crippen molar-refractivity contribution in [2.24, 2.45) is 0 Å². The van der Waals surface area contributed by atoms with Crippen molar-refractivity contribution in [3.63, 3.8) is 0 Å². The standard InChI is InChI=1S/C13H24Br2O2/c14-9-5-1-3-7-13(16-11-12-17-13)8-4-2-6-10-15/h1-12H2. The van der Waals surface area contributed by atoms with Gasteiger partial charge in [-0.2, -0.15) is 0 Å². The van der Waals surface area contributed by atoms with E-state index >= 15 is 0 Å². The molecule has 1 saturated heterocycles. The van der Waals surface area contributed by atoms with Crippen molar-refractivity contribution in [1.82, 2.24) is 0 Å². The Balaban J connectivity index is 2.19. The normalized spacial score (nSPS) is 18.7. The quantitative estimate of drug-likeness (QED) is 0.411. The Morgan fingerprint density at radius 3 is 1.59 bits per heavy atom. The maximum Gasteiger partial charge on any atom is 0.168 e. The molecule has 0 unspecified atom stereocenters. The molecule has 0 aromatic heterocycles. The zero-order valence-electron chi connectivity index (χ0n) is 10.6. The fourth-order valence-electron chi connectivity index (χ4n) is 2.24. The van der Waals surface area contributed by atoms with Crippen LogP contribution in [0.1, 0.15) is 51.4 Å². The van der Waals surface area contributed by atoms with Gasteiger partial charge in [-0.3, -0.25) is 0 Å². The van der Waals surface area contributed by atoms with Gasteiger partial charge in [-0.05, 0) is 25.7 Å². The Hall–Kier alpha value is 0.880. The van der Waals surface area contributed by atoms with Gasteiger partial charge in [-0.1, -0.05) is 44.7 Å². The number of halogens is 2. The smallest absolute Gasteiger partial charge is 0.168 e. The van der Waals surface area contributed by atoms with Crippen molar-refractivity contribution in [2.45, 2.75) is 57.2 Å². The fraction of sp³-hybridized carbons (Fsp3) is 1.00. The molecule has 0 aliphatic carbocycles. The number of ether oxygens (including phenoxy) is 2. The highest BCUT2D eigenvalue weighted by Gasteiger charge is 2.34. The van der Waals surface area contributed by atoms with Crippen LogP contribution in [-0.4, -0.2) is 29.7 Å². The van der Waals surface area contributed by atoms with Gasteiger partial charge in [0.25, 0.3) is 0 Å². The van der Waals surface area contributed by atoms with E-state index in [1.165, 1.54) is 38.5 Å². The molecule has 17 heavy (non-hydrogen) atoms. The van der Waals surface area contributed by atoms with Crippen LogP contribution in [0.4, 0.5) is 0 Å². The van der Waals surface area contributed by atoms with Crippen molar-refractivity contribution in [3.05, 3.63) is 0 Å². The molecule has 0 atom stereocenters. The molecule has 102 valence electrons. The average molecular weight is 372 g/mol. The number of rotatable bonds is 10. The van der Waals surface area contributed by atoms with Crippen molar-refractivity contribution in [3.8, 4) is 0 Å².